The van der Waals surface area contributed by atoms with Crippen molar-refractivity contribution in [2.75, 3.05) is 20.3 Å². The van der Waals surface area contributed by atoms with Crippen LogP contribution in [0.25, 0.3) is 6.08 Å². The first-order valence-electron chi connectivity index (χ1n) is 11.4. The third kappa shape index (κ3) is 7.25. The molecule has 0 saturated carbocycles. The number of nitrogens with zero attached hydrogens (tertiary/aromatic N) is 2. The van der Waals surface area contributed by atoms with Crippen LogP contribution in [0.5, 0.6) is 11.5 Å². The Morgan fingerprint density at radius 3 is 2.51 bits per heavy atom. The molecule has 2 heterocycles. The number of halogens is 1. The fourth-order valence-corrected chi connectivity index (χ4v) is 7.08. The zero-order chi connectivity index (χ0) is 25.4. The van der Waals surface area contributed by atoms with Gasteiger partial charge in [0, 0.05) is 6.54 Å². The van der Waals surface area contributed by atoms with Crippen LogP contribution in [-0.4, -0.2) is 44.7 Å². The number of thioether (sulfide) groups is 1. The molecule has 1 aromatic heterocycles. The number of amidine groups is 1. The van der Waals surface area contributed by atoms with Crippen molar-refractivity contribution in [2.24, 2.45) is 4.40 Å². The molecule has 2 aromatic rings. The number of thiophene rings is 1. The lowest BCUT2D eigenvalue weighted by Crippen LogP contribution is -2.29. The highest BCUT2D eigenvalue weighted by Crippen LogP contribution is 2.36. The van der Waals surface area contributed by atoms with Crippen LogP contribution in [0.4, 0.5) is 0 Å². The minimum Gasteiger partial charge on any atom is -0.493 e. The van der Waals surface area contributed by atoms with E-state index < -0.39 is 10.0 Å². The summed E-state index contributed by atoms with van der Waals surface area (Å²) in [6.45, 7) is 4.86. The van der Waals surface area contributed by atoms with Gasteiger partial charge in [0.05, 0.1) is 23.0 Å². The molecule has 0 radical (unpaired) electrons. The Hall–Kier alpha value is -2.01. The third-order valence-corrected chi connectivity index (χ3v) is 9.28. The largest absolute Gasteiger partial charge is 0.493 e. The third-order valence-electron chi connectivity index (χ3n) is 5.20. The van der Waals surface area contributed by atoms with Crippen molar-refractivity contribution >= 4 is 61.9 Å². The van der Waals surface area contributed by atoms with Gasteiger partial charge < -0.3 is 9.47 Å². The number of unbranched alkanes of at least 4 members (excludes halogenated alkanes) is 4. The Labute approximate surface area is 220 Å². The number of sulfonamides is 1. The van der Waals surface area contributed by atoms with Gasteiger partial charge in [-0.3, -0.25) is 9.69 Å². The number of hydrogen-bond donors (Lipinski definition) is 0. The Morgan fingerprint density at radius 1 is 1.09 bits per heavy atom. The molecule has 35 heavy (non-hydrogen) atoms. The summed E-state index contributed by atoms with van der Waals surface area (Å²) in [5, 5.41) is 0.114. The second kappa shape index (κ2) is 12.8. The molecule has 1 aromatic carbocycles. The van der Waals surface area contributed by atoms with E-state index in [1.165, 1.54) is 36.3 Å². The van der Waals surface area contributed by atoms with Gasteiger partial charge in [-0.25, -0.2) is 0 Å². The molecule has 11 heteroatoms. The summed E-state index contributed by atoms with van der Waals surface area (Å²) in [6, 6.07) is 8.36. The number of ether oxygens (including phenoxy) is 2. The van der Waals surface area contributed by atoms with Crippen molar-refractivity contribution in [1.82, 2.24) is 4.90 Å². The van der Waals surface area contributed by atoms with Crippen molar-refractivity contribution in [3.63, 3.8) is 0 Å². The zero-order valence-corrected chi connectivity index (χ0v) is 23.2. The standard InChI is InChI=1S/C24H29ClN2O5S3/c1-4-6-7-8-9-14-32-18-11-10-17(15-19(18)31-3)16-20-23(28)27(5-2)24(33-20)26-35(29,30)22-13-12-21(25)34-22/h10-13,15-16H,4-9,14H2,1-3H3/b20-16-,26-24+. The maximum atomic E-state index is 12.9. The highest BCUT2D eigenvalue weighted by Gasteiger charge is 2.34. The van der Waals surface area contributed by atoms with Gasteiger partial charge in [-0.1, -0.05) is 50.3 Å². The maximum Gasteiger partial charge on any atom is 0.294 e. The van der Waals surface area contributed by atoms with Crippen LogP contribution >= 0.6 is 34.7 Å². The van der Waals surface area contributed by atoms with Crippen molar-refractivity contribution in [3.05, 3.63) is 45.1 Å². The summed E-state index contributed by atoms with van der Waals surface area (Å²) in [6.07, 6.45) is 7.46. The average molecular weight is 557 g/mol. The Kier molecular flexibility index (Phi) is 10.1. The molecule has 190 valence electrons. The van der Waals surface area contributed by atoms with Crippen LogP contribution in [0.15, 0.2) is 43.8 Å². The molecule has 0 aliphatic carbocycles. The van der Waals surface area contributed by atoms with Crippen LogP contribution in [0, 0.1) is 0 Å². The van der Waals surface area contributed by atoms with Gasteiger partial charge in [0.2, 0.25) is 0 Å². The summed E-state index contributed by atoms with van der Waals surface area (Å²) in [5.41, 5.74) is 0.734. The number of hydrogen-bond acceptors (Lipinski definition) is 7. The molecule has 0 spiro atoms. The molecule has 0 unspecified atom stereocenters. The van der Waals surface area contributed by atoms with Crippen molar-refractivity contribution < 1.29 is 22.7 Å². The van der Waals surface area contributed by atoms with Crippen molar-refractivity contribution in [3.8, 4) is 11.5 Å². The second-order valence-corrected chi connectivity index (χ2v) is 12.3. The smallest absolute Gasteiger partial charge is 0.294 e. The molecule has 0 N–H and O–H groups in total. The first kappa shape index (κ1) is 27.6. The predicted molar refractivity (Wildman–Crippen MR) is 144 cm³/mol. The summed E-state index contributed by atoms with van der Waals surface area (Å²) in [4.78, 5) is 14.7. The van der Waals surface area contributed by atoms with Crippen LogP contribution < -0.4 is 9.47 Å². The van der Waals surface area contributed by atoms with Crippen LogP contribution in [0.2, 0.25) is 4.34 Å². The zero-order valence-electron chi connectivity index (χ0n) is 20.0. The lowest BCUT2D eigenvalue weighted by molar-refractivity contribution is -0.122. The summed E-state index contributed by atoms with van der Waals surface area (Å²) < 4.78 is 41.0. The first-order valence-corrected chi connectivity index (χ1v) is 14.9. The van der Waals surface area contributed by atoms with E-state index in [1.807, 2.05) is 12.1 Å². The van der Waals surface area contributed by atoms with E-state index in [-0.39, 0.29) is 21.8 Å². The van der Waals surface area contributed by atoms with Gasteiger partial charge in [0.1, 0.15) is 4.21 Å². The number of benzene rings is 1. The number of likely N-dealkylation sites (N-methyl/N-ethyl adjacent to an activating group) is 1. The lowest BCUT2D eigenvalue weighted by atomic mass is 10.1. The monoisotopic (exact) mass is 556 g/mol. The quantitative estimate of drug-likeness (QED) is 0.221. The van der Waals surface area contributed by atoms with Gasteiger partial charge >= 0.3 is 0 Å². The molecule has 3 rings (SSSR count). The fraction of sp³-hybridized carbons (Fsp3) is 0.417. The second-order valence-electron chi connectivity index (χ2n) is 7.74. The summed E-state index contributed by atoms with van der Waals surface area (Å²) in [7, 11) is -2.40. The molecule has 1 amide bonds. The molecule has 1 fully saturated rings. The number of carbonyl (C=O) groups excluding carboxylic acids is 1. The average Bonchev–Trinajstić information content (AvgIpc) is 3.39. The van der Waals surface area contributed by atoms with Gasteiger partial charge in [-0.15, -0.1) is 15.7 Å². The van der Waals surface area contributed by atoms with Crippen LogP contribution in [0.3, 0.4) is 0 Å². The highest BCUT2D eigenvalue weighted by atomic mass is 35.5. The van der Waals surface area contributed by atoms with Gasteiger partial charge in [-0.2, -0.15) is 8.42 Å². The highest BCUT2D eigenvalue weighted by molar-refractivity contribution is 8.19. The van der Waals surface area contributed by atoms with E-state index in [1.54, 1.807) is 26.2 Å². The molecule has 1 aliphatic rings. The van der Waals surface area contributed by atoms with Gasteiger partial charge in [0.15, 0.2) is 16.7 Å². The molecular weight excluding hydrogens is 528 g/mol. The molecular formula is C24H29ClN2O5S3. The number of carbonyl (C=O) groups is 1. The SMILES string of the molecule is CCCCCCCOc1ccc(/C=C2\S/C(=N/S(=O)(=O)c3ccc(Cl)s3)N(CC)C2=O)cc1OC. The Balaban J connectivity index is 1.76. The molecule has 0 atom stereocenters. The van der Waals surface area contributed by atoms with Gasteiger partial charge in [-0.05, 0) is 61.0 Å². The van der Waals surface area contributed by atoms with Crippen LogP contribution in [-0.2, 0) is 14.8 Å². The van der Waals surface area contributed by atoms with Gasteiger partial charge in [0.25, 0.3) is 15.9 Å². The van der Waals surface area contributed by atoms with E-state index >= 15 is 0 Å². The summed E-state index contributed by atoms with van der Waals surface area (Å²) in [5.74, 6) is 0.914. The molecule has 1 aliphatic heterocycles. The Bertz CT molecular complexity index is 1210. The van der Waals surface area contributed by atoms with E-state index in [4.69, 9.17) is 21.1 Å². The van der Waals surface area contributed by atoms with Crippen molar-refractivity contribution in [1.29, 1.82) is 0 Å². The fourth-order valence-electron chi connectivity index (χ4n) is 3.37. The number of rotatable bonds is 12. The minimum atomic E-state index is -3.97. The van der Waals surface area contributed by atoms with Crippen LogP contribution in [0.1, 0.15) is 51.5 Å². The van der Waals surface area contributed by atoms with E-state index in [0.717, 1.165) is 41.5 Å². The summed E-state index contributed by atoms with van der Waals surface area (Å²) >= 11 is 7.82. The molecule has 1 saturated heterocycles. The minimum absolute atomic E-state index is 0.0298. The first-order chi connectivity index (χ1) is 16.8. The van der Waals surface area contributed by atoms with E-state index in [0.29, 0.717) is 27.3 Å². The Morgan fingerprint density at radius 2 is 1.86 bits per heavy atom. The predicted octanol–water partition coefficient (Wildman–Crippen LogP) is 6.44. The number of amides is 1. The maximum absolute atomic E-state index is 12.9. The lowest BCUT2D eigenvalue weighted by Gasteiger charge is -2.12. The topological polar surface area (TPSA) is 85.3 Å². The van der Waals surface area contributed by atoms with E-state index in [9.17, 15) is 13.2 Å². The van der Waals surface area contributed by atoms with Crippen molar-refractivity contribution in [2.45, 2.75) is 50.2 Å². The molecule has 7 nitrogen and oxygen atoms in total. The van der Waals surface area contributed by atoms with E-state index in [2.05, 4.69) is 11.3 Å². The number of methoxy groups -OCH3 is 1. The molecule has 0 bridgehead atoms. The normalized spacial score (nSPS) is 16.5.